The van der Waals surface area contributed by atoms with Gasteiger partial charge in [0.2, 0.25) is 0 Å². The molecular formula is C13H18N2OS. The fraction of sp³-hybridized carbons (Fsp3) is 0.462. The summed E-state index contributed by atoms with van der Waals surface area (Å²) >= 11 is 1.78. The molecule has 0 fully saturated rings. The molecule has 0 unspecified atom stereocenters. The van der Waals surface area contributed by atoms with Crippen LogP contribution >= 0.6 is 11.8 Å². The van der Waals surface area contributed by atoms with E-state index in [0.29, 0.717) is 6.54 Å². The first-order chi connectivity index (χ1) is 8.36. The van der Waals surface area contributed by atoms with Gasteiger partial charge in [0, 0.05) is 12.3 Å². The second-order valence-corrected chi connectivity index (χ2v) is 5.02. The van der Waals surface area contributed by atoms with E-state index in [1.54, 1.807) is 11.8 Å². The lowest BCUT2D eigenvalue weighted by Crippen LogP contribution is -2.03. The van der Waals surface area contributed by atoms with Crippen LogP contribution in [0.5, 0.6) is 0 Å². The van der Waals surface area contributed by atoms with E-state index in [1.807, 2.05) is 18.2 Å². The van der Waals surface area contributed by atoms with Crippen molar-refractivity contribution in [2.24, 2.45) is 0 Å². The van der Waals surface area contributed by atoms with E-state index in [0.717, 1.165) is 21.9 Å². The zero-order valence-corrected chi connectivity index (χ0v) is 10.9. The highest BCUT2D eigenvalue weighted by molar-refractivity contribution is 7.99. The first-order valence-electron chi connectivity index (χ1n) is 6.05. The van der Waals surface area contributed by atoms with Crippen LogP contribution in [0, 0.1) is 0 Å². The van der Waals surface area contributed by atoms with E-state index in [2.05, 4.69) is 22.5 Å². The van der Waals surface area contributed by atoms with Gasteiger partial charge < -0.3 is 9.67 Å². The number of rotatable bonds is 6. The third-order valence-corrected chi connectivity index (χ3v) is 3.73. The summed E-state index contributed by atoms with van der Waals surface area (Å²) in [7, 11) is 0. The lowest BCUT2D eigenvalue weighted by atomic mass is 10.3. The molecule has 2 aromatic rings. The molecular weight excluding hydrogens is 232 g/mol. The van der Waals surface area contributed by atoms with Crippen molar-refractivity contribution in [2.75, 3.05) is 12.4 Å². The molecule has 3 nitrogen and oxygen atoms in total. The molecule has 0 aliphatic rings. The zero-order chi connectivity index (χ0) is 12.1. The number of unbranched alkanes of at least 4 members (excludes halogenated alkanes) is 1. The minimum atomic E-state index is 0.154. The fourth-order valence-electron chi connectivity index (χ4n) is 1.79. The first-order valence-corrected chi connectivity index (χ1v) is 7.04. The number of hydrogen-bond acceptors (Lipinski definition) is 3. The summed E-state index contributed by atoms with van der Waals surface area (Å²) in [6.07, 6.45) is 2.40. The average Bonchev–Trinajstić information content (AvgIpc) is 2.69. The maximum absolute atomic E-state index is 9.14. The predicted molar refractivity (Wildman–Crippen MR) is 72.5 cm³/mol. The summed E-state index contributed by atoms with van der Waals surface area (Å²) in [6, 6.07) is 8.09. The minimum Gasteiger partial charge on any atom is -0.395 e. The topological polar surface area (TPSA) is 38.0 Å². The Morgan fingerprint density at radius 2 is 2.18 bits per heavy atom. The minimum absolute atomic E-state index is 0.154. The number of thioether (sulfide) groups is 1. The second-order valence-electron chi connectivity index (χ2n) is 3.96. The van der Waals surface area contributed by atoms with Crippen molar-refractivity contribution in [3.63, 3.8) is 0 Å². The van der Waals surface area contributed by atoms with Gasteiger partial charge in [-0.1, -0.05) is 37.2 Å². The highest BCUT2D eigenvalue weighted by Gasteiger charge is 2.09. The monoisotopic (exact) mass is 250 g/mol. The number of hydrogen-bond donors (Lipinski definition) is 1. The number of para-hydroxylation sites is 2. The summed E-state index contributed by atoms with van der Waals surface area (Å²) in [6.45, 7) is 2.97. The van der Waals surface area contributed by atoms with Crippen LogP contribution in [0.2, 0.25) is 0 Å². The van der Waals surface area contributed by atoms with Gasteiger partial charge in [-0.25, -0.2) is 4.98 Å². The molecule has 0 saturated heterocycles. The fourth-order valence-corrected chi connectivity index (χ4v) is 2.91. The smallest absolute Gasteiger partial charge is 0.169 e. The molecule has 0 aliphatic heterocycles. The number of aromatic nitrogens is 2. The largest absolute Gasteiger partial charge is 0.395 e. The van der Waals surface area contributed by atoms with E-state index in [-0.39, 0.29) is 6.61 Å². The molecule has 0 saturated carbocycles. The first kappa shape index (κ1) is 12.5. The van der Waals surface area contributed by atoms with E-state index in [9.17, 15) is 0 Å². The van der Waals surface area contributed by atoms with E-state index in [4.69, 9.17) is 5.11 Å². The van der Waals surface area contributed by atoms with Crippen LogP contribution < -0.4 is 0 Å². The van der Waals surface area contributed by atoms with Gasteiger partial charge in [0.05, 0.1) is 17.6 Å². The van der Waals surface area contributed by atoms with Crippen molar-refractivity contribution in [3.8, 4) is 0 Å². The number of aliphatic hydroxyl groups is 1. The summed E-state index contributed by atoms with van der Waals surface area (Å²) in [5.74, 6) is 1.09. The lowest BCUT2D eigenvalue weighted by molar-refractivity contribution is 0.273. The van der Waals surface area contributed by atoms with Gasteiger partial charge in [-0.3, -0.25) is 0 Å². The van der Waals surface area contributed by atoms with Crippen LogP contribution in [-0.2, 0) is 6.54 Å². The van der Waals surface area contributed by atoms with Crippen molar-refractivity contribution in [2.45, 2.75) is 31.5 Å². The molecule has 92 valence electrons. The molecule has 1 N–H and O–H groups in total. The highest BCUT2D eigenvalue weighted by atomic mass is 32.2. The number of fused-ring (bicyclic) bond motifs is 1. The zero-order valence-electron chi connectivity index (χ0n) is 10.1. The highest BCUT2D eigenvalue weighted by Crippen LogP contribution is 2.24. The van der Waals surface area contributed by atoms with Gasteiger partial charge >= 0.3 is 0 Å². The molecule has 0 spiro atoms. The van der Waals surface area contributed by atoms with Crippen LogP contribution in [0.4, 0.5) is 0 Å². The Labute approximate surface area is 106 Å². The number of nitrogens with zero attached hydrogens (tertiary/aromatic N) is 2. The Balaban J connectivity index is 2.29. The van der Waals surface area contributed by atoms with Crippen molar-refractivity contribution in [1.82, 2.24) is 9.55 Å². The second kappa shape index (κ2) is 6.07. The molecule has 0 atom stereocenters. The third-order valence-electron chi connectivity index (χ3n) is 2.67. The molecule has 0 bridgehead atoms. The Morgan fingerprint density at radius 1 is 1.35 bits per heavy atom. The molecule has 0 aliphatic carbocycles. The van der Waals surface area contributed by atoms with Gasteiger partial charge in [-0.15, -0.1) is 0 Å². The van der Waals surface area contributed by atoms with Gasteiger partial charge in [-0.05, 0) is 18.6 Å². The normalized spacial score (nSPS) is 11.2. The molecule has 0 amide bonds. The summed E-state index contributed by atoms with van der Waals surface area (Å²) in [5, 5.41) is 10.2. The Bertz CT molecular complexity index is 481. The Hall–Kier alpha value is -1.00. The van der Waals surface area contributed by atoms with Crippen LogP contribution in [0.3, 0.4) is 0 Å². The molecule has 4 heteroatoms. The van der Waals surface area contributed by atoms with Crippen LogP contribution in [0.25, 0.3) is 11.0 Å². The Morgan fingerprint density at radius 3 is 2.94 bits per heavy atom. The van der Waals surface area contributed by atoms with Crippen molar-refractivity contribution >= 4 is 22.8 Å². The summed E-state index contributed by atoms with van der Waals surface area (Å²) < 4.78 is 2.11. The molecule has 17 heavy (non-hydrogen) atoms. The van der Waals surface area contributed by atoms with Crippen LogP contribution in [-0.4, -0.2) is 27.0 Å². The maximum atomic E-state index is 9.14. The average molecular weight is 250 g/mol. The molecule has 1 aromatic heterocycles. The van der Waals surface area contributed by atoms with Gasteiger partial charge in [0.25, 0.3) is 0 Å². The van der Waals surface area contributed by atoms with Gasteiger partial charge in [0.15, 0.2) is 5.16 Å². The van der Waals surface area contributed by atoms with Crippen molar-refractivity contribution in [3.05, 3.63) is 24.3 Å². The van der Waals surface area contributed by atoms with Crippen LogP contribution in [0.15, 0.2) is 29.4 Å². The van der Waals surface area contributed by atoms with E-state index < -0.39 is 0 Å². The third kappa shape index (κ3) is 2.82. The Kier molecular flexibility index (Phi) is 4.45. The maximum Gasteiger partial charge on any atom is 0.169 e. The molecule has 1 heterocycles. The van der Waals surface area contributed by atoms with Gasteiger partial charge in [0.1, 0.15) is 0 Å². The lowest BCUT2D eigenvalue weighted by Gasteiger charge is -2.06. The molecule has 0 radical (unpaired) electrons. The summed E-state index contributed by atoms with van der Waals surface area (Å²) in [4.78, 5) is 4.62. The summed E-state index contributed by atoms with van der Waals surface area (Å²) in [5.41, 5.74) is 2.13. The SMILES string of the molecule is CCCCSc1nc2ccccc2n1CCO. The number of benzene rings is 1. The van der Waals surface area contributed by atoms with Gasteiger partial charge in [-0.2, -0.15) is 0 Å². The molecule has 2 rings (SSSR count). The van der Waals surface area contributed by atoms with E-state index >= 15 is 0 Å². The predicted octanol–water partition coefficient (Wildman–Crippen LogP) is 2.92. The standard InChI is InChI=1S/C13H18N2OS/c1-2-3-10-17-13-14-11-6-4-5-7-12(11)15(13)8-9-16/h4-7,16H,2-3,8-10H2,1H3. The number of imidazole rings is 1. The number of aliphatic hydroxyl groups excluding tert-OH is 1. The van der Waals surface area contributed by atoms with Crippen molar-refractivity contribution in [1.29, 1.82) is 0 Å². The molecule has 1 aromatic carbocycles. The van der Waals surface area contributed by atoms with Crippen molar-refractivity contribution < 1.29 is 5.11 Å². The quantitative estimate of drug-likeness (QED) is 0.633. The van der Waals surface area contributed by atoms with E-state index in [1.165, 1.54) is 12.8 Å². The van der Waals surface area contributed by atoms with Crippen LogP contribution in [0.1, 0.15) is 19.8 Å².